The third kappa shape index (κ3) is 5.00. The van der Waals surface area contributed by atoms with Crippen molar-refractivity contribution < 1.29 is 9.90 Å². The van der Waals surface area contributed by atoms with Crippen LogP contribution in [0.4, 0.5) is 5.69 Å². The molecule has 0 aromatic heterocycles. The van der Waals surface area contributed by atoms with Gasteiger partial charge in [0, 0.05) is 18.8 Å². The summed E-state index contributed by atoms with van der Waals surface area (Å²) in [6.07, 6.45) is 0.558. The number of rotatable bonds is 6. The first-order valence-electron chi connectivity index (χ1n) is 5.38. The van der Waals surface area contributed by atoms with Gasteiger partial charge in [0.25, 0.3) is 0 Å². The lowest BCUT2D eigenvalue weighted by Gasteiger charge is -2.07. The Balaban J connectivity index is 2.30. The second-order valence-corrected chi connectivity index (χ2v) is 3.47. The van der Waals surface area contributed by atoms with Gasteiger partial charge in [-0.05, 0) is 30.7 Å². The third-order valence-electron chi connectivity index (χ3n) is 2.12. The van der Waals surface area contributed by atoms with Crippen LogP contribution in [0.1, 0.15) is 12.0 Å². The van der Waals surface area contributed by atoms with E-state index in [4.69, 9.17) is 10.4 Å². The highest BCUT2D eigenvalue weighted by molar-refractivity contribution is 5.80. The van der Waals surface area contributed by atoms with Crippen molar-refractivity contribution in [1.82, 2.24) is 5.32 Å². The topological polar surface area (TPSA) is 85.2 Å². The Labute approximate surface area is 100 Å². The zero-order chi connectivity index (χ0) is 12.5. The van der Waals surface area contributed by atoms with Gasteiger partial charge >= 0.3 is 0 Å². The zero-order valence-electron chi connectivity index (χ0n) is 9.44. The number of aliphatic hydroxyl groups excluding tert-OH is 1. The number of nitriles is 1. The number of nitrogens with zero attached hydrogens (tertiary/aromatic N) is 1. The minimum atomic E-state index is -0.122. The van der Waals surface area contributed by atoms with Crippen molar-refractivity contribution in [3.8, 4) is 6.07 Å². The summed E-state index contributed by atoms with van der Waals surface area (Å²) >= 11 is 0. The maximum absolute atomic E-state index is 11.3. The van der Waals surface area contributed by atoms with Gasteiger partial charge in [0.1, 0.15) is 0 Å². The molecule has 90 valence electrons. The maximum Gasteiger partial charge on any atom is 0.239 e. The third-order valence-corrected chi connectivity index (χ3v) is 2.12. The lowest BCUT2D eigenvalue weighted by Crippen LogP contribution is -2.30. The molecule has 1 amide bonds. The van der Waals surface area contributed by atoms with Crippen molar-refractivity contribution in [1.29, 1.82) is 5.26 Å². The van der Waals surface area contributed by atoms with Gasteiger partial charge in [0.05, 0.1) is 18.2 Å². The predicted molar refractivity (Wildman–Crippen MR) is 64.4 cm³/mol. The molecule has 0 spiro atoms. The highest BCUT2D eigenvalue weighted by Gasteiger charge is 2.00. The molecule has 0 atom stereocenters. The second-order valence-electron chi connectivity index (χ2n) is 3.47. The Morgan fingerprint density at radius 3 is 2.65 bits per heavy atom. The molecule has 1 aromatic carbocycles. The number of nitrogens with one attached hydrogen (secondary N) is 2. The zero-order valence-corrected chi connectivity index (χ0v) is 9.44. The van der Waals surface area contributed by atoms with E-state index in [0.717, 1.165) is 5.69 Å². The van der Waals surface area contributed by atoms with E-state index in [1.54, 1.807) is 24.3 Å². The van der Waals surface area contributed by atoms with Crippen LogP contribution in [-0.2, 0) is 4.79 Å². The summed E-state index contributed by atoms with van der Waals surface area (Å²) in [7, 11) is 0. The molecule has 0 aliphatic carbocycles. The summed E-state index contributed by atoms with van der Waals surface area (Å²) in [5.74, 6) is -0.122. The lowest BCUT2D eigenvalue weighted by molar-refractivity contribution is -0.119. The standard InChI is InChI=1S/C12H15N3O2/c13-8-10-2-4-11(5-3-10)15-9-12(17)14-6-1-7-16/h2-5,15-16H,1,6-7,9H2,(H,14,17). The maximum atomic E-state index is 11.3. The Morgan fingerprint density at radius 1 is 1.35 bits per heavy atom. The van der Waals surface area contributed by atoms with Gasteiger partial charge in [-0.15, -0.1) is 0 Å². The molecule has 3 N–H and O–H groups in total. The van der Waals surface area contributed by atoms with Gasteiger partial charge in [-0.2, -0.15) is 5.26 Å². The molecule has 0 radical (unpaired) electrons. The molecule has 0 heterocycles. The Bertz CT molecular complexity index is 395. The van der Waals surface area contributed by atoms with E-state index in [1.807, 2.05) is 6.07 Å². The van der Waals surface area contributed by atoms with Crippen LogP contribution < -0.4 is 10.6 Å². The summed E-state index contributed by atoms with van der Waals surface area (Å²) in [6, 6.07) is 8.89. The average molecular weight is 233 g/mol. The molecule has 0 aliphatic heterocycles. The molecule has 5 heteroatoms. The van der Waals surface area contributed by atoms with Crippen LogP contribution in [-0.4, -0.2) is 30.7 Å². The fourth-order valence-corrected chi connectivity index (χ4v) is 1.21. The summed E-state index contributed by atoms with van der Waals surface area (Å²) < 4.78 is 0. The quantitative estimate of drug-likeness (QED) is 0.623. The van der Waals surface area contributed by atoms with E-state index in [0.29, 0.717) is 18.5 Å². The van der Waals surface area contributed by atoms with Crippen LogP contribution in [0, 0.1) is 11.3 Å². The molecule has 17 heavy (non-hydrogen) atoms. The van der Waals surface area contributed by atoms with E-state index in [1.165, 1.54) is 0 Å². The molecule has 0 fully saturated rings. The number of hydrogen-bond acceptors (Lipinski definition) is 4. The Hall–Kier alpha value is -2.06. The van der Waals surface area contributed by atoms with Crippen molar-refractivity contribution in [2.24, 2.45) is 0 Å². The number of anilines is 1. The van der Waals surface area contributed by atoms with E-state index in [9.17, 15) is 4.79 Å². The summed E-state index contributed by atoms with van der Waals surface area (Å²) in [6.45, 7) is 0.727. The van der Waals surface area contributed by atoms with Crippen LogP contribution >= 0.6 is 0 Å². The SMILES string of the molecule is N#Cc1ccc(NCC(=O)NCCCO)cc1. The van der Waals surface area contributed by atoms with Crippen molar-refractivity contribution in [3.05, 3.63) is 29.8 Å². The highest BCUT2D eigenvalue weighted by atomic mass is 16.3. The van der Waals surface area contributed by atoms with Crippen LogP contribution in [0.2, 0.25) is 0 Å². The number of amides is 1. The van der Waals surface area contributed by atoms with E-state index in [2.05, 4.69) is 10.6 Å². The van der Waals surface area contributed by atoms with Crippen LogP contribution in [0.3, 0.4) is 0 Å². The second kappa shape index (κ2) is 7.25. The van der Waals surface area contributed by atoms with Gasteiger partial charge < -0.3 is 15.7 Å². The Kier molecular flexibility index (Phi) is 5.55. The van der Waals surface area contributed by atoms with Crippen molar-refractivity contribution >= 4 is 11.6 Å². The normalized spacial score (nSPS) is 9.41. The van der Waals surface area contributed by atoms with Crippen LogP contribution in [0.15, 0.2) is 24.3 Å². The molecular formula is C12H15N3O2. The minimum Gasteiger partial charge on any atom is -0.396 e. The summed E-state index contributed by atoms with van der Waals surface area (Å²) in [5, 5.41) is 22.8. The molecule has 1 rings (SSSR count). The average Bonchev–Trinajstić information content (AvgIpc) is 2.37. The number of aliphatic hydroxyl groups is 1. The van der Waals surface area contributed by atoms with Crippen molar-refractivity contribution in [2.75, 3.05) is 25.0 Å². The fourth-order valence-electron chi connectivity index (χ4n) is 1.21. The van der Waals surface area contributed by atoms with Gasteiger partial charge in [0.2, 0.25) is 5.91 Å². The largest absolute Gasteiger partial charge is 0.396 e. The van der Waals surface area contributed by atoms with Crippen molar-refractivity contribution in [2.45, 2.75) is 6.42 Å². The van der Waals surface area contributed by atoms with E-state index < -0.39 is 0 Å². The van der Waals surface area contributed by atoms with Gasteiger partial charge in [0.15, 0.2) is 0 Å². The molecule has 1 aromatic rings. The number of carbonyl (C=O) groups excluding carboxylic acids is 1. The van der Waals surface area contributed by atoms with Gasteiger partial charge in [-0.25, -0.2) is 0 Å². The molecule has 0 unspecified atom stereocenters. The van der Waals surface area contributed by atoms with E-state index in [-0.39, 0.29) is 19.1 Å². The summed E-state index contributed by atoms with van der Waals surface area (Å²) in [5.41, 5.74) is 1.38. The number of benzene rings is 1. The molecule has 0 saturated carbocycles. The fraction of sp³-hybridized carbons (Fsp3) is 0.333. The summed E-state index contributed by atoms with van der Waals surface area (Å²) in [4.78, 5) is 11.3. The predicted octanol–water partition coefficient (Wildman–Crippen LogP) is 0.469. The molecule has 0 aliphatic rings. The molecule has 0 saturated heterocycles. The van der Waals surface area contributed by atoms with E-state index >= 15 is 0 Å². The van der Waals surface area contributed by atoms with Crippen molar-refractivity contribution in [3.63, 3.8) is 0 Å². The number of hydrogen-bond donors (Lipinski definition) is 3. The first-order chi connectivity index (χ1) is 8.26. The monoisotopic (exact) mass is 233 g/mol. The molecular weight excluding hydrogens is 218 g/mol. The van der Waals surface area contributed by atoms with Crippen LogP contribution in [0.25, 0.3) is 0 Å². The minimum absolute atomic E-state index is 0.0727. The highest BCUT2D eigenvalue weighted by Crippen LogP contribution is 2.07. The Morgan fingerprint density at radius 2 is 2.06 bits per heavy atom. The van der Waals surface area contributed by atoms with Gasteiger partial charge in [-0.3, -0.25) is 4.79 Å². The van der Waals surface area contributed by atoms with Crippen LogP contribution in [0.5, 0.6) is 0 Å². The molecule has 0 bridgehead atoms. The van der Waals surface area contributed by atoms with Gasteiger partial charge in [-0.1, -0.05) is 0 Å². The smallest absolute Gasteiger partial charge is 0.239 e. The number of carbonyl (C=O) groups is 1. The first kappa shape index (κ1) is 13.0. The first-order valence-corrected chi connectivity index (χ1v) is 5.38. The lowest BCUT2D eigenvalue weighted by atomic mass is 10.2. The molecule has 5 nitrogen and oxygen atoms in total.